The Bertz CT molecular complexity index is 1080. The lowest BCUT2D eigenvalue weighted by Crippen LogP contribution is -2.15. The van der Waals surface area contributed by atoms with Gasteiger partial charge in [-0.2, -0.15) is 13.2 Å². The van der Waals surface area contributed by atoms with Gasteiger partial charge in [-0.25, -0.2) is 4.98 Å². The minimum absolute atomic E-state index is 0.0393. The second kappa shape index (κ2) is 7.75. The number of nitrogens with zero attached hydrogens (tertiary/aromatic N) is 3. The maximum absolute atomic E-state index is 13.3. The van der Waals surface area contributed by atoms with Gasteiger partial charge in [0.25, 0.3) is 0 Å². The van der Waals surface area contributed by atoms with Gasteiger partial charge in [-0.15, -0.1) is 0 Å². The Kier molecular flexibility index (Phi) is 5.27. The van der Waals surface area contributed by atoms with Crippen LogP contribution in [0.2, 0.25) is 0 Å². The Balaban J connectivity index is 1.90. The summed E-state index contributed by atoms with van der Waals surface area (Å²) in [6.07, 6.45) is -2.14. The largest absolute Gasteiger partial charge is 0.496 e. The maximum atomic E-state index is 13.3. The zero-order chi connectivity index (χ0) is 21.5. The number of halogens is 3. The lowest BCUT2D eigenvalue weighted by atomic mass is 10.1. The summed E-state index contributed by atoms with van der Waals surface area (Å²) in [7, 11) is 1.24. The van der Waals surface area contributed by atoms with Crippen molar-refractivity contribution in [3.05, 3.63) is 53.5 Å². The van der Waals surface area contributed by atoms with Crippen molar-refractivity contribution in [2.45, 2.75) is 39.1 Å². The number of rotatable bonds is 3. The molecule has 1 unspecified atom stereocenters. The zero-order valence-electron chi connectivity index (χ0n) is 17.0. The van der Waals surface area contributed by atoms with Gasteiger partial charge in [0.05, 0.1) is 37.6 Å². The van der Waals surface area contributed by atoms with Crippen molar-refractivity contribution in [2.75, 3.05) is 13.7 Å². The average molecular weight is 417 g/mol. The predicted molar refractivity (Wildman–Crippen MR) is 106 cm³/mol. The highest BCUT2D eigenvalue weighted by Gasteiger charge is 2.35. The van der Waals surface area contributed by atoms with E-state index in [0.717, 1.165) is 28.7 Å². The van der Waals surface area contributed by atoms with Crippen LogP contribution in [0.25, 0.3) is 22.6 Å². The summed E-state index contributed by atoms with van der Waals surface area (Å²) in [6.45, 7) is 5.00. The van der Waals surface area contributed by atoms with Crippen LogP contribution in [-0.4, -0.2) is 34.4 Å². The molecule has 0 fully saturated rings. The average Bonchev–Trinajstić information content (AvgIpc) is 2.93. The van der Waals surface area contributed by atoms with Crippen molar-refractivity contribution in [3.63, 3.8) is 0 Å². The first-order valence-corrected chi connectivity index (χ1v) is 9.67. The van der Waals surface area contributed by atoms with E-state index in [1.807, 2.05) is 30.5 Å². The topological polar surface area (TPSA) is 49.2 Å². The SMILES string of the molecule is COc1cc(-c2nc(-c3ccnc(C)c3)c3n2CC(C)OCC3)ccc1C(F)(F)F. The fraction of sp³-hybridized carbons (Fsp3) is 0.364. The number of ether oxygens (including phenoxy) is 2. The first-order valence-electron chi connectivity index (χ1n) is 9.67. The van der Waals surface area contributed by atoms with Gasteiger partial charge in [0.15, 0.2) is 0 Å². The highest BCUT2D eigenvalue weighted by Crippen LogP contribution is 2.39. The molecule has 30 heavy (non-hydrogen) atoms. The van der Waals surface area contributed by atoms with E-state index in [9.17, 15) is 13.2 Å². The fourth-order valence-electron chi connectivity index (χ4n) is 3.81. The second-order valence-corrected chi connectivity index (χ2v) is 7.37. The van der Waals surface area contributed by atoms with Gasteiger partial charge in [0.1, 0.15) is 11.6 Å². The van der Waals surface area contributed by atoms with Crippen LogP contribution >= 0.6 is 0 Å². The quantitative estimate of drug-likeness (QED) is 0.608. The highest BCUT2D eigenvalue weighted by atomic mass is 19.4. The molecule has 0 saturated heterocycles. The normalized spacial score (nSPS) is 16.8. The molecular weight excluding hydrogens is 395 g/mol. The summed E-state index contributed by atoms with van der Waals surface area (Å²) < 4.78 is 52.8. The van der Waals surface area contributed by atoms with Gasteiger partial charge < -0.3 is 14.0 Å². The van der Waals surface area contributed by atoms with Crippen molar-refractivity contribution < 1.29 is 22.6 Å². The first-order chi connectivity index (χ1) is 14.3. The number of aryl methyl sites for hydroxylation is 1. The lowest BCUT2D eigenvalue weighted by molar-refractivity contribution is -0.138. The molecule has 0 radical (unpaired) electrons. The van der Waals surface area contributed by atoms with E-state index in [1.54, 1.807) is 6.20 Å². The molecule has 1 atom stereocenters. The standard InChI is InChI=1S/C22H22F3N3O2/c1-13-10-15(6-8-26-13)20-18-7-9-30-14(2)12-28(18)21(27-20)16-4-5-17(22(23,24)25)19(11-16)29-3/h4-6,8,10-11,14H,7,9,12H2,1-3H3. The number of fused-ring (bicyclic) bond motifs is 1. The van der Waals surface area contributed by atoms with Crippen molar-refractivity contribution in [1.82, 2.24) is 14.5 Å². The van der Waals surface area contributed by atoms with Crippen LogP contribution in [0.3, 0.4) is 0 Å². The third-order valence-corrected chi connectivity index (χ3v) is 5.19. The molecule has 3 aromatic rings. The van der Waals surface area contributed by atoms with Crippen LogP contribution in [0.5, 0.6) is 5.75 Å². The van der Waals surface area contributed by atoms with Crippen LogP contribution in [-0.2, 0) is 23.9 Å². The molecule has 4 rings (SSSR count). The van der Waals surface area contributed by atoms with Gasteiger partial charge in [0.2, 0.25) is 0 Å². The van der Waals surface area contributed by atoms with E-state index in [4.69, 9.17) is 14.5 Å². The van der Waals surface area contributed by atoms with E-state index >= 15 is 0 Å². The van der Waals surface area contributed by atoms with Crippen LogP contribution in [0.4, 0.5) is 13.2 Å². The van der Waals surface area contributed by atoms with Gasteiger partial charge in [-0.05, 0) is 38.1 Å². The summed E-state index contributed by atoms with van der Waals surface area (Å²) in [4.78, 5) is 9.11. The smallest absolute Gasteiger partial charge is 0.419 e. The summed E-state index contributed by atoms with van der Waals surface area (Å²) in [5.41, 5.74) is 3.34. The Morgan fingerprint density at radius 3 is 2.67 bits per heavy atom. The molecule has 1 aliphatic rings. The fourth-order valence-corrected chi connectivity index (χ4v) is 3.81. The molecule has 1 aromatic carbocycles. The number of benzene rings is 1. The van der Waals surface area contributed by atoms with Crippen molar-refractivity contribution in [3.8, 4) is 28.4 Å². The molecular formula is C22H22F3N3O2. The van der Waals surface area contributed by atoms with E-state index in [0.29, 0.717) is 31.0 Å². The zero-order valence-corrected chi connectivity index (χ0v) is 17.0. The molecule has 0 saturated carbocycles. The third-order valence-electron chi connectivity index (χ3n) is 5.19. The maximum Gasteiger partial charge on any atom is 0.419 e. The van der Waals surface area contributed by atoms with E-state index < -0.39 is 11.7 Å². The number of imidazole rings is 1. The summed E-state index contributed by atoms with van der Waals surface area (Å²) in [5, 5.41) is 0. The number of hydrogen-bond donors (Lipinski definition) is 0. The van der Waals surface area contributed by atoms with E-state index in [2.05, 4.69) is 4.98 Å². The van der Waals surface area contributed by atoms with Crippen LogP contribution < -0.4 is 4.74 Å². The summed E-state index contributed by atoms with van der Waals surface area (Å²) >= 11 is 0. The molecule has 8 heteroatoms. The molecule has 2 aromatic heterocycles. The van der Waals surface area contributed by atoms with Gasteiger partial charge in [0, 0.05) is 35.1 Å². The second-order valence-electron chi connectivity index (χ2n) is 7.37. The Morgan fingerprint density at radius 2 is 1.97 bits per heavy atom. The lowest BCUT2D eigenvalue weighted by Gasteiger charge is -2.15. The summed E-state index contributed by atoms with van der Waals surface area (Å²) in [5.74, 6) is 0.371. The van der Waals surface area contributed by atoms with Gasteiger partial charge >= 0.3 is 6.18 Å². The van der Waals surface area contributed by atoms with Crippen LogP contribution in [0.15, 0.2) is 36.5 Å². The molecule has 0 N–H and O–H groups in total. The highest BCUT2D eigenvalue weighted by molar-refractivity contribution is 5.69. The van der Waals surface area contributed by atoms with Crippen molar-refractivity contribution in [2.24, 2.45) is 0 Å². The molecule has 1 aliphatic heterocycles. The van der Waals surface area contributed by atoms with Crippen LogP contribution in [0.1, 0.15) is 23.9 Å². The van der Waals surface area contributed by atoms with E-state index in [-0.39, 0.29) is 11.9 Å². The van der Waals surface area contributed by atoms with Gasteiger partial charge in [-0.3, -0.25) is 4.98 Å². The number of methoxy groups -OCH3 is 1. The Morgan fingerprint density at radius 1 is 1.17 bits per heavy atom. The Hall–Kier alpha value is -2.87. The number of alkyl halides is 3. The molecule has 3 heterocycles. The predicted octanol–water partition coefficient (Wildman–Crippen LogP) is 4.91. The van der Waals surface area contributed by atoms with Gasteiger partial charge in [-0.1, -0.05) is 6.07 Å². The minimum atomic E-state index is -4.49. The molecule has 5 nitrogen and oxygen atoms in total. The third kappa shape index (κ3) is 3.79. The molecule has 158 valence electrons. The number of aromatic nitrogens is 3. The minimum Gasteiger partial charge on any atom is -0.496 e. The molecule has 0 aliphatic carbocycles. The molecule has 0 amide bonds. The Labute approximate surface area is 172 Å². The molecule has 0 bridgehead atoms. The monoisotopic (exact) mass is 417 g/mol. The summed E-state index contributed by atoms with van der Waals surface area (Å²) in [6, 6.07) is 7.73. The van der Waals surface area contributed by atoms with Crippen LogP contribution in [0, 0.1) is 6.92 Å². The number of hydrogen-bond acceptors (Lipinski definition) is 4. The van der Waals surface area contributed by atoms with E-state index in [1.165, 1.54) is 19.2 Å². The van der Waals surface area contributed by atoms with Crippen molar-refractivity contribution in [1.29, 1.82) is 0 Å². The van der Waals surface area contributed by atoms with Crippen molar-refractivity contribution >= 4 is 0 Å². The molecule has 0 spiro atoms. The number of pyridine rings is 1. The first kappa shape index (κ1) is 20.4.